The maximum absolute atomic E-state index is 11.4. The molecule has 0 atom stereocenters. The van der Waals surface area contributed by atoms with Gasteiger partial charge in [-0.15, -0.1) is 11.8 Å². The van der Waals surface area contributed by atoms with Gasteiger partial charge in [-0.2, -0.15) is 0 Å². The molecule has 1 rings (SSSR count). The van der Waals surface area contributed by atoms with E-state index in [1.807, 2.05) is 31.5 Å². The Morgan fingerprint density at radius 3 is 2.91 bits per heavy atom. The van der Waals surface area contributed by atoms with Crippen molar-refractivity contribution in [1.82, 2.24) is 4.90 Å². The molecule has 0 saturated carbocycles. The topological polar surface area (TPSA) is 20.3 Å². The van der Waals surface area contributed by atoms with Gasteiger partial charge in [-0.3, -0.25) is 4.79 Å². The SMILES string of the molecule is CC=C(C)C(=O)N1C=CSC1. The summed E-state index contributed by atoms with van der Waals surface area (Å²) in [6.45, 7) is 3.71. The third-order valence-corrected chi connectivity index (χ3v) is 2.32. The standard InChI is InChI=1S/C8H11NOS/c1-3-7(2)8(10)9-4-5-11-6-9/h3-5H,6H2,1-2H3. The maximum atomic E-state index is 11.4. The summed E-state index contributed by atoms with van der Waals surface area (Å²) in [5.74, 6) is 0.859. The molecule has 1 heterocycles. The van der Waals surface area contributed by atoms with Gasteiger partial charge in [0.1, 0.15) is 0 Å². The molecule has 3 heteroatoms. The Kier molecular flexibility index (Phi) is 2.76. The van der Waals surface area contributed by atoms with E-state index in [1.54, 1.807) is 16.7 Å². The Morgan fingerprint density at radius 2 is 2.45 bits per heavy atom. The van der Waals surface area contributed by atoms with Crippen molar-refractivity contribution in [2.45, 2.75) is 13.8 Å². The minimum absolute atomic E-state index is 0.105. The summed E-state index contributed by atoms with van der Waals surface area (Å²) in [7, 11) is 0. The van der Waals surface area contributed by atoms with Crippen LogP contribution in [0, 0.1) is 0 Å². The Hall–Kier alpha value is -0.700. The normalized spacial score (nSPS) is 17.6. The van der Waals surface area contributed by atoms with Crippen LogP contribution in [-0.2, 0) is 4.79 Å². The Balaban J connectivity index is 2.61. The summed E-state index contributed by atoms with van der Waals surface area (Å²) in [6, 6.07) is 0. The molecule has 0 aromatic rings. The summed E-state index contributed by atoms with van der Waals surface area (Å²) in [5.41, 5.74) is 0.803. The van der Waals surface area contributed by atoms with Crippen LogP contribution in [-0.4, -0.2) is 16.7 Å². The van der Waals surface area contributed by atoms with Crippen molar-refractivity contribution >= 4 is 17.7 Å². The van der Waals surface area contributed by atoms with Crippen molar-refractivity contribution in [3.05, 3.63) is 23.3 Å². The maximum Gasteiger partial charge on any atom is 0.253 e. The van der Waals surface area contributed by atoms with E-state index in [4.69, 9.17) is 0 Å². The molecule has 1 amide bonds. The van der Waals surface area contributed by atoms with Crippen molar-refractivity contribution < 1.29 is 4.79 Å². The number of carbonyl (C=O) groups is 1. The highest BCUT2D eigenvalue weighted by molar-refractivity contribution is 8.02. The van der Waals surface area contributed by atoms with E-state index in [-0.39, 0.29) is 5.91 Å². The summed E-state index contributed by atoms with van der Waals surface area (Å²) >= 11 is 1.64. The molecule has 1 aliphatic rings. The average Bonchev–Trinajstić information content (AvgIpc) is 2.53. The van der Waals surface area contributed by atoms with Gasteiger partial charge in [0.05, 0.1) is 5.88 Å². The molecule has 0 unspecified atom stereocenters. The van der Waals surface area contributed by atoms with Crippen molar-refractivity contribution in [3.63, 3.8) is 0 Å². The number of thioether (sulfide) groups is 1. The Bertz CT molecular complexity index is 220. The van der Waals surface area contributed by atoms with E-state index >= 15 is 0 Å². The number of hydrogen-bond acceptors (Lipinski definition) is 2. The molecule has 2 nitrogen and oxygen atoms in total. The lowest BCUT2D eigenvalue weighted by molar-refractivity contribution is -0.123. The first-order chi connectivity index (χ1) is 5.25. The smallest absolute Gasteiger partial charge is 0.253 e. The second-order valence-electron chi connectivity index (χ2n) is 2.33. The third-order valence-electron chi connectivity index (χ3n) is 1.58. The third kappa shape index (κ3) is 1.87. The summed E-state index contributed by atoms with van der Waals surface area (Å²) in [4.78, 5) is 13.1. The molecule has 0 saturated heterocycles. The first-order valence-corrected chi connectivity index (χ1v) is 4.52. The van der Waals surface area contributed by atoms with Gasteiger partial charge in [0.2, 0.25) is 0 Å². The molecule has 0 N–H and O–H groups in total. The number of nitrogens with zero attached hydrogens (tertiary/aromatic N) is 1. The van der Waals surface area contributed by atoms with Crippen LogP contribution >= 0.6 is 11.8 Å². The number of rotatable bonds is 1. The van der Waals surface area contributed by atoms with Crippen LogP contribution in [0.15, 0.2) is 23.3 Å². The molecule has 0 aliphatic carbocycles. The van der Waals surface area contributed by atoms with E-state index in [9.17, 15) is 4.79 Å². The molecule has 0 bridgehead atoms. The first kappa shape index (κ1) is 8.40. The van der Waals surface area contributed by atoms with Crippen molar-refractivity contribution in [2.75, 3.05) is 5.88 Å². The largest absolute Gasteiger partial charge is 0.305 e. The summed E-state index contributed by atoms with van der Waals surface area (Å²) in [5, 5.41) is 1.93. The molecule has 0 radical (unpaired) electrons. The number of amides is 1. The quantitative estimate of drug-likeness (QED) is 0.559. The average molecular weight is 169 g/mol. The molecule has 0 spiro atoms. The van der Waals surface area contributed by atoms with Crippen LogP contribution in [0.4, 0.5) is 0 Å². The Morgan fingerprint density at radius 1 is 1.73 bits per heavy atom. The highest BCUT2D eigenvalue weighted by Gasteiger charge is 2.14. The van der Waals surface area contributed by atoms with Gasteiger partial charge in [-0.05, 0) is 19.3 Å². The van der Waals surface area contributed by atoms with Crippen molar-refractivity contribution in [2.24, 2.45) is 0 Å². The lowest BCUT2D eigenvalue weighted by Crippen LogP contribution is -2.23. The minimum Gasteiger partial charge on any atom is -0.305 e. The predicted molar refractivity (Wildman–Crippen MR) is 47.9 cm³/mol. The van der Waals surface area contributed by atoms with Gasteiger partial charge in [-0.25, -0.2) is 0 Å². The van der Waals surface area contributed by atoms with Crippen LogP contribution < -0.4 is 0 Å². The van der Waals surface area contributed by atoms with E-state index < -0.39 is 0 Å². The highest BCUT2D eigenvalue weighted by atomic mass is 32.2. The van der Waals surface area contributed by atoms with Crippen molar-refractivity contribution in [1.29, 1.82) is 0 Å². The second-order valence-corrected chi connectivity index (χ2v) is 3.19. The van der Waals surface area contributed by atoms with Gasteiger partial charge >= 0.3 is 0 Å². The van der Waals surface area contributed by atoms with Gasteiger partial charge in [-0.1, -0.05) is 6.08 Å². The molecule has 0 aromatic heterocycles. The van der Waals surface area contributed by atoms with E-state index in [0.29, 0.717) is 0 Å². The van der Waals surface area contributed by atoms with Crippen LogP contribution in [0.3, 0.4) is 0 Å². The number of allylic oxidation sites excluding steroid dienone is 1. The van der Waals surface area contributed by atoms with Gasteiger partial charge in [0.25, 0.3) is 5.91 Å². The van der Waals surface area contributed by atoms with E-state index in [1.165, 1.54) is 0 Å². The molecule has 11 heavy (non-hydrogen) atoms. The zero-order chi connectivity index (χ0) is 8.27. The molecule has 0 aromatic carbocycles. The van der Waals surface area contributed by atoms with E-state index in [2.05, 4.69) is 0 Å². The second kappa shape index (κ2) is 3.62. The lowest BCUT2D eigenvalue weighted by atomic mass is 10.2. The fourth-order valence-corrected chi connectivity index (χ4v) is 1.44. The molecular weight excluding hydrogens is 158 g/mol. The van der Waals surface area contributed by atoms with Crippen LogP contribution in [0.2, 0.25) is 0 Å². The fourth-order valence-electron chi connectivity index (χ4n) is 0.759. The fraction of sp³-hybridized carbons (Fsp3) is 0.375. The number of carbonyl (C=O) groups excluding carboxylic acids is 1. The zero-order valence-electron chi connectivity index (χ0n) is 6.70. The zero-order valence-corrected chi connectivity index (χ0v) is 7.52. The minimum atomic E-state index is 0.105. The summed E-state index contributed by atoms with van der Waals surface area (Å²) < 4.78 is 0. The van der Waals surface area contributed by atoms with Gasteiger partial charge < -0.3 is 4.90 Å². The monoisotopic (exact) mass is 169 g/mol. The Labute approximate surface area is 71.0 Å². The van der Waals surface area contributed by atoms with Crippen LogP contribution in [0.25, 0.3) is 0 Å². The molecule has 60 valence electrons. The highest BCUT2D eigenvalue weighted by Crippen LogP contribution is 2.16. The summed E-state index contributed by atoms with van der Waals surface area (Å²) in [6.07, 6.45) is 3.65. The van der Waals surface area contributed by atoms with Crippen molar-refractivity contribution in [3.8, 4) is 0 Å². The molecule has 0 fully saturated rings. The van der Waals surface area contributed by atoms with E-state index in [0.717, 1.165) is 11.4 Å². The van der Waals surface area contributed by atoms with Crippen LogP contribution in [0.5, 0.6) is 0 Å². The number of hydrogen-bond donors (Lipinski definition) is 0. The molecular formula is C8H11NOS. The van der Waals surface area contributed by atoms with Crippen LogP contribution in [0.1, 0.15) is 13.8 Å². The van der Waals surface area contributed by atoms with Gasteiger partial charge in [0, 0.05) is 11.8 Å². The predicted octanol–water partition coefficient (Wildman–Crippen LogP) is 1.96. The molecule has 1 aliphatic heterocycles. The van der Waals surface area contributed by atoms with Gasteiger partial charge in [0.15, 0.2) is 0 Å². The first-order valence-electron chi connectivity index (χ1n) is 3.48. The lowest BCUT2D eigenvalue weighted by Gasteiger charge is -2.11.